The summed E-state index contributed by atoms with van der Waals surface area (Å²) < 4.78 is 14.0. The van der Waals surface area contributed by atoms with E-state index in [2.05, 4.69) is 17.5 Å². The molecule has 0 bridgehead atoms. The van der Waals surface area contributed by atoms with Crippen molar-refractivity contribution in [3.63, 3.8) is 0 Å². The lowest BCUT2D eigenvalue weighted by Crippen LogP contribution is -2.66. The number of rotatable bonds is 9. The zero-order chi connectivity index (χ0) is 28.1. The maximum absolute atomic E-state index is 14.0. The molecule has 2 fully saturated rings. The number of nitrogens with zero attached hydrogens (tertiary/aromatic N) is 4. The Bertz CT molecular complexity index is 1300. The summed E-state index contributed by atoms with van der Waals surface area (Å²) in [6.07, 6.45) is 8.75. The molecular weight excluding hydrogens is 509 g/mol. The third-order valence-corrected chi connectivity index (χ3v) is 7.60. The third-order valence-electron chi connectivity index (χ3n) is 7.60. The zero-order valence-electron chi connectivity index (χ0n) is 22.8. The average Bonchev–Trinajstić information content (AvgIpc) is 3.29. The summed E-state index contributed by atoms with van der Waals surface area (Å²) in [6.45, 7) is 3.27. The van der Waals surface area contributed by atoms with E-state index in [0.717, 1.165) is 24.0 Å². The van der Waals surface area contributed by atoms with Gasteiger partial charge >= 0.3 is 6.03 Å². The number of hydrazine groups is 1. The Hall–Kier alpha value is -3.98. The number of carbonyl (C=O) groups is 3. The molecule has 2 aromatic carbocycles. The van der Waals surface area contributed by atoms with Crippen LogP contribution in [-0.2, 0) is 22.6 Å². The molecule has 0 spiro atoms. The predicted molar refractivity (Wildman–Crippen MR) is 150 cm³/mol. The van der Waals surface area contributed by atoms with Crippen molar-refractivity contribution >= 4 is 17.8 Å². The first-order chi connectivity index (χ1) is 19.4. The minimum absolute atomic E-state index is 0.00700. The highest BCUT2D eigenvalue weighted by Gasteiger charge is 2.52. The second-order valence-corrected chi connectivity index (χ2v) is 10.5. The molecule has 210 valence electrons. The number of benzene rings is 2. The molecular formula is C31H36FN5O3. The second-order valence-electron chi connectivity index (χ2n) is 10.5. The Labute approximate surface area is 234 Å². The number of fused-ring (bicyclic) bond motifs is 1. The van der Waals surface area contributed by atoms with Crippen LogP contribution >= 0.6 is 0 Å². The molecule has 8 nitrogen and oxygen atoms in total. The largest absolute Gasteiger partial charge is 0.333 e. The van der Waals surface area contributed by atoms with E-state index in [1.165, 1.54) is 12.1 Å². The SMILES string of the molecule is CCCN(C(=O)NCC1=CCCC=C1)N1CC(=O)N2[C@@H](Cc3ccccc3)C(=O)N(Cc3cccc(F)c3)C[C@@H]21. The Morgan fingerprint density at radius 3 is 2.60 bits per heavy atom. The van der Waals surface area contributed by atoms with Crippen molar-refractivity contribution in [3.8, 4) is 0 Å². The van der Waals surface area contributed by atoms with Crippen LogP contribution < -0.4 is 5.32 Å². The third kappa shape index (κ3) is 6.09. The van der Waals surface area contributed by atoms with Crippen LogP contribution in [0.3, 0.4) is 0 Å². The Morgan fingerprint density at radius 2 is 1.88 bits per heavy atom. The second kappa shape index (κ2) is 12.5. The summed E-state index contributed by atoms with van der Waals surface area (Å²) in [5.41, 5.74) is 2.67. The topological polar surface area (TPSA) is 76.2 Å². The van der Waals surface area contributed by atoms with Crippen LogP contribution in [0.5, 0.6) is 0 Å². The van der Waals surface area contributed by atoms with Gasteiger partial charge in [0.05, 0.1) is 13.1 Å². The average molecular weight is 546 g/mol. The van der Waals surface area contributed by atoms with E-state index in [0.29, 0.717) is 31.5 Å². The number of halogens is 1. The quantitative estimate of drug-likeness (QED) is 0.519. The van der Waals surface area contributed by atoms with Gasteiger partial charge in [0.1, 0.15) is 18.0 Å². The highest BCUT2D eigenvalue weighted by Crippen LogP contribution is 2.30. The maximum atomic E-state index is 14.0. The lowest BCUT2D eigenvalue weighted by Gasteiger charge is -2.46. The van der Waals surface area contributed by atoms with Gasteiger partial charge in [-0.1, -0.05) is 67.6 Å². The van der Waals surface area contributed by atoms with Crippen LogP contribution in [0.1, 0.15) is 37.3 Å². The van der Waals surface area contributed by atoms with Crippen molar-refractivity contribution in [2.24, 2.45) is 0 Å². The lowest BCUT2D eigenvalue weighted by molar-refractivity contribution is -0.157. The van der Waals surface area contributed by atoms with Crippen LogP contribution in [0.25, 0.3) is 0 Å². The van der Waals surface area contributed by atoms with Crippen molar-refractivity contribution in [1.29, 1.82) is 0 Å². The van der Waals surface area contributed by atoms with E-state index >= 15 is 0 Å². The number of urea groups is 1. The van der Waals surface area contributed by atoms with Crippen LogP contribution in [0.15, 0.2) is 78.4 Å². The highest BCUT2D eigenvalue weighted by molar-refractivity contribution is 5.91. The first-order valence-corrected chi connectivity index (χ1v) is 14.0. The molecule has 2 aliphatic heterocycles. The van der Waals surface area contributed by atoms with E-state index in [4.69, 9.17) is 0 Å². The summed E-state index contributed by atoms with van der Waals surface area (Å²) in [6, 6.07) is 14.8. The van der Waals surface area contributed by atoms with Gasteiger partial charge in [-0.3, -0.25) is 14.6 Å². The van der Waals surface area contributed by atoms with Gasteiger partial charge in [0.25, 0.3) is 0 Å². The number of allylic oxidation sites excluding steroid dienone is 2. The minimum atomic E-state index is -0.726. The Morgan fingerprint density at radius 1 is 1.07 bits per heavy atom. The monoisotopic (exact) mass is 545 g/mol. The van der Waals surface area contributed by atoms with Gasteiger partial charge in [-0.2, -0.15) is 5.01 Å². The molecule has 2 saturated heterocycles. The van der Waals surface area contributed by atoms with Crippen LogP contribution in [0.2, 0.25) is 0 Å². The van der Waals surface area contributed by atoms with Crippen LogP contribution in [0, 0.1) is 5.82 Å². The van der Waals surface area contributed by atoms with Crippen molar-refractivity contribution in [1.82, 2.24) is 25.1 Å². The van der Waals surface area contributed by atoms with Gasteiger partial charge in [0.2, 0.25) is 11.8 Å². The van der Waals surface area contributed by atoms with E-state index in [-0.39, 0.29) is 43.3 Å². The summed E-state index contributed by atoms with van der Waals surface area (Å²) in [7, 11) is 0. The van der Waals surface area contributed by atoms with Gasteiger partial charge < -0.3 is 15.1 Å². The lowest BCUT2D eigenvalue weighted by atomic mass is 10.00. The molecule has 3 aliphatic rings. The molecule has 0 radical (unpaired) electrons. The molecule has 1 N–H and O–H groups in total. The predicted octanol–water partition coefficient (Wildman–Crippen LogP) is 3.86. The highest BCUT2D eigenvalue weighted by atomic mass is 19.1. The molecule has 5 rings (SSSR count). The summed E-state index contributed by atoms with van der Waals surface area (Å²) in [4.78, 5) is 44.1. The molecule has 1 aliphatic carbocycles. The number of carbonyl (C=O) groups excluding carboxylic acids is 3. The molecule has 0 saturated carbocycles. The van der Waals surface area contributed by atoms with Crippen molar-refractivity contribution < 1.29 is 18.8 Å². The molecule has 9 heteroatoms. The number of nitrogens with one attached hydrogen (secondary N) is 1. The number of hydrogen-bond acceptors (Lipinski definition) is 4. The zero-order valence-corrected chi connectivity index (χ0v) is 22.8. The number of hydrogen-bond donors (Lipinski definition) is 1. The number of amides is 4. The fraction of sp³-hybridized carbons (Fsp3) is 0.387. The summed E-state index contributed by atoms with van der Waals surface area (Å²) >= 11 is 0. The summed E-state index contributed by atoms with van der Waals surface area (Å²) in [5, 5.41) is 6.43. The molecule has 0 unspecified atom stereocenters. The van der Waals surface area contributed by atoms with Crippen LogP contribution in [0.4, 0.5) is 9.18 Å². The van der Waals surface area contributed by atoms with Gasteiger partial charge in [-0.15, -0.1) is 0 Å². The van der Waals surface area contributed by atoms with Gasteiger partial charge in [0.15, 0.2) is 0 Å². The fourth-order valence-electron chi connectivity index (χ4n) is 5.71. The minimum Gasteiger partial charge on any atom is -0.333 e. The smallest absolute Gasteiger partial charge is 0.332 e. The van der Waals surface area contributed by atoms with Crippen LogP contribution in [-0.4, -0.2) is 76.0 Å². The van der Waals surface area contributed by atoms with E-state index in [1.807, 2.05) is 43.3 Å². The molecule has 40 heavy (non-hydrogen) atoms. The van der Waals surface area contributed by atoms with E-state index < -0.39 is 12.2 Å². The fourth-order valence-corrected chi connectivity index (χ4v) is 5.71. The Kier molecular flexibility index (Phi) is 8.60. The van der Waals surface area contributed by atoms with Crippen molar-refractivity contribution in [3.05, 3.63) is 95.3 Å². The van der Waals surface area contributed by atoms with Crippen molar-refractivity contribution in [2.45, 2.75) is 51.4 Å². The molecule has 2 heterocycles. The molecule has 4 amide bonds. The first kappa shape index (κ1) is 27.6. The molecule has 0 aromatic heterocycles. The van der Waals surface area contributed by atoms with Gasteiger partial charge in [0, 0.05) is 26.1 Å². The number of piperazine rings is 1. The van der Waals surface area contributed by atoms with Gasteiger partial charge in [-0.05, 0) is 48.1 Å². The van der Waals surface area contributed by atoms with E-state index in [1.54, 1.807) is 32.0 Å². The van der Waals surface area contributed by atoms with E-state index in [9.17, 15) is 18.8 Å². The normalized spacial score (nSPS) is 20.9. The standard InChI is InChI=1S/C31H36FN5O3/c1-2-16-35(31(40)33-19-24-12-7-4-8-13-24)36-22-29(38)37-27(18-23-10-5-3-6-11-23)30(39)34(21-28(36)37)20-25-14-9-15-26(32)17-25/h3,5-7,9-15,17,27-28H,2,4,8,16,18-22H2,1H3,(H,33,40)/t27-,28+/m0/s1. The first-order valence-electron chi connectivity index (χ1n) is 14.0. The Balaban J connectivity index is 1.42. The van der Waals surface area contributed by atoms with Gasteiger partial charge in [-0.25, -0.2) is 9.18 Å². The van der Waals surface area contributed by atoms with Crippen molar-refractivity contribution in [2.75, 3.05) is 26.2 Å². The molecule has 2 atom stereocenters. The molecule has 2 aromatic rings. The maximum Gasteiger partial charge on any atom is 0.332 e. The summed E-state index contributed by atoms with van der Waals surface area (Å²) in [5.74, 6) is -0.727.